The minimum absolute atomic E-state index is 0.529. The molecule has 0 bridgehead atoms. The lowest BCUT2D eigenvalue weighted by molar-refractivity contribution is -0.137. The topological polar surface area (TPSA) is 49.8 Å². The largest absolute Gasteiger partial charge is 0.416 e. The maximum atomic E-state index is 12.5. The maximum absolute atomic E-state index is 12.5. The molecule has 2 rings (SSSR count). The summed E-state index contributed by atoms with van der Waals surface area (Å²) in [5, 5.41) is 5.88. The molecule has 0 aliphatic rings. The summed E-state index contributed by atoms with van der Waals surface area (Å²) in [6.07, 6.45) is -2.95. The highest BCUT2D eigenvalue weighted by molar-refractivity contribution is 5.64. The third-order valence-electron chi connectivity index (χ3n) is 2.80. The molecule has 0 unspecified atom stereocenters. The highest BCUT2D eigenvalue weighted by Gasteiger charge is 2.29. The van der Waals surface area contributed by atoms with Crippen LogP contribution in [0.1, 0.15) is 11.1 Å². The number of hydrogen-bond acceptors (Lipinski definition) is 4. The van der Waals surface area contributed by atoms with E-state index < -0.39 is 11.7 Å². The molecule has 0 spiro atoms. The van der Waals surface area contributed by atoms with Crippen molar-refractivity contribution in [3.8, 4) is 0 Å². The number of benzene rings is 1. The summed E-state index contributed by atoms with van der Waals surface area (Å²) in [6, 6.07) is 4.78. The second-order valence-corrected chi connectivity index (χ2v) is 4.15. The third-order valence-corrected chi connectivity index (χ3v) is 2.80. The molecule has 0 radical (unpaired) electrons. The zero-order valence-electron chi connectivity index (χ0n) is 10.9. The minimum Gasteiger partial charge on any atom is -0.373 e. The normalized spacial score (nSPS) is 11.2. The third kappa shape index (κ3) is 2.98. The van der Waals surface area contributed by atoms with Gasteiger partial charge in [-0.3, -0.25) is 0 Å². The van der Waals surface area contributed by atoms with Gasteiger partial charge in [0.15, 0.2) is 0 Å². The van der Waals surface area contributed by atoms with Crippen molar-refractivity contribution in [2.24, 2.45) is 0 Å². The number of nitrogens with zero attached hydrogens (tertiary/aromatic N) is 2. The van der Waals surface area contributed by atoms with Gasteiger partial charge in [-0.2, -0.15) is 13.2 Å². The molecule has 0 saturated carbocycles. The second kappa shape index (κ2) is 5.36. The number of anilines is 3. The van der Waals surface area contributed by atoms with Crippen LogP contribution in [0.5, 0.6) is 0 Å². The molecule has 0 aliphatic heterocycles. The molecular formula is C13H13F3N4. The summed E-state index contributed by atoms with van der Waals surface area (Å²) >= 11 is 0. The fourth-order valence-corrected chi connectivity index (χ4v) is 1.71. The molecule has 0 atom stereocenters. The van der Waals surface area contributed by atoms with Gasteiger partial charge in [0.1, 0.15) is 18.0 Å². The van der Waals surface area contributed by atoms with Crippen molar-refractivity contribution in [3.63, 3.8) is 0 Å². The first kappa shape index (κ1) is 14.1. The van der Waals surface area contributed by atoms with Crippen LogP contribution in [-0.2, 0) is 6.18 Å². The van der Waals surface area contributed by atoms with Crippen LogP contribution in [-0.4, -0.2) is 17.0 Å². The fraction of sp³-hybridized carbons (Fsp3) is 0.231. The van der Waals surface area contributed by atoms with E-state index in [1.807, 2.05) is 6.92 Å². The van der Waals surface area contributed by atoms with Crippen molar-refractivity contribution < 1.29 is 13.2 Å². The van der Waals surface area contributed by atoms with Crippen LogP contribution in [0.15, 0.2) is 30.6 Å². The monoisotopic (exact) mass is 282 g/mol. The summed E-state index contributed by atoms with van der Waals surface area (Å²) in [5.41, 5.74) is 0.634. The van der Waals surface area contributed by atoms with Crippen molar-refractivity contribution in [1.82, 2.24) is 9.97 Å². The van der Waals surface area contributed by atoms with E-state index in [1.54, 1.807) is 7.05 Å². The number of hydrogen-bond donors (Lipinski definition) is 2. The van der Waals surface area contributed by atoms with Crippen LogP contribution in [0, 0.1) is 6.92 Å². The highest BCUT2D eigenvalue weighted by atomic mass is 19.4. The van der Waals surface area contributed by atoms with Crippen LogP contribution in [0.4, 0.5) is 30.5 Å². The van der Waals surface area contributed by atoms with Gasteiger partial charge in [0.05, 0.1) is 5.56 Å². The summed E-state index contributed by atoms with van der Waals surface area (Å²) in [7, 11) is 1.73. The fourth-order valence-electron chi connectivity index (χ4n) is 1.71. The molecule has 20 heavy (non-hydrogen) atoms. The average Bonchev–Trinajstić information content (AvgIpc) is 2.41. The molecule has 0 fully saturated rings. The SMILES string of the molecule is CNc1ncnc(Nc2ccc(C(F)(F)F)cc2)c1C. The quantitative estimate of drug-likeness (QED) is 0.903. The molecule has 2 aromatic rings. The Balaban J connectivity index is 2.23. The molecule has 0 saturated heterocycles. The highest BCUT2D eigenvalue weighted by Crippen LogP contribution is 2.30. The summed E-state index contributed by atoms with van der Waals surface area (Å²) < 4.78 is 37.4. The lowest BCUT2D eigenvalue weighted by Gasteiger charge is -2.12. The molecule has 0 amide bonds. The van der Waals surface area contributed by atoms with E-state index in [9.17, 15) is 13.2 Å². The van der Waals surface area contributed by atoms with Gasteiger partial charge in [0.2, 0.25) is 0 Å². The Labute approximate surface area is 114 Å². The van der Waals surface area contributed by atoms with Crippen LogP contribution in [0.25, 0.3) is 0 Å². The molecule has 106 valence electrons. The summed E-state index contributed by atoms with van der Waals surface area (Å²) in [6.45, 7) is 1.82. The van der Waals surface area contributed by atoms with Gasteiger partial charge in [-0.25, -0.2) is 9.97 Å². The second-order valence-electron chi connectivity index (χ2n) is 4.15. The number of nitrogens with one attached hydrogen (secondary N) is 2. The Hall–Kier alpha value is -2.31. The number of aromatic nitrogens is 2. The Kier molecular flexibility index (Phi) is 3.78. The minimum atomic E-state index is -4.33. The Bertz CT molecular complexity index is 594. The molecule has 1 aromatic heterocycles. The number of alkyl halides is 3. The van der Waals surface area contributed by atoms with Gasteiger partial charge >= 0.3 is 6.18 Å². The Morgan fingerprint density at radius 1 is 1.00 bits per heavy atom. The molecule has 1 heterocycles. The molecule has 1 aromatic carbocycles. The van der Waals surface area contributed by atoms with Crippen LogP contribution >= 0.6 is 0 Å². The van der Waals surface area contributed by atoms with Gasteiger partial charge in [-0.15, -0.1) is 0 Å². The van der Waals surface area contributed by atoms with Gasteiger partial charge < -0.3 is 10.6 Å². The van der Waals surface area contributed by atoms with Crippen LogP contribution < -0.4 is 10.6 Å². The van der Waals surface area contributed by atoms with Gasteiger partial charge in [0.25, 0.3) is 0 Å². The standard InChI is InChI=1S/C13H13F3N4/c1-8-11(17-2)18-7-19-12(8)20-10-5-3-9(4-6-10)13(14,15)16/h3-7H,1-2H3,(H2,17,18,19,20). The van der Waals surface area contributed by atoms with E-state index >= 15 is 0 Å². The van der Waals surface area contributed by atoms with Gasteiger partial charge in [-0.1, -0.05) is 0 Å². The predicted molar refractivity (Wildman–Crippen MR) is 71.0 cm³/mol. The Morgan fingerprint density at radius 3 is 2.15 bits per heavy atom. The maximum Gasteiger partial charge on any atom is 0.416 e. The van der Waals surface area contributed by atoms with Gasteiger partial charge in [-0.05, 0) is 31.2 Å². The van der Waals surface area contributed by atoms with E-state index in [2.05, 4.69) is 20.6 Å². The van der Waals surface area contributed by atoms with E-state index in [-0.39, 0.29) is 0 Å². The first-order valence-corrected chi connectivity index (χ1v) is 5.85. The van der Waals surface area contributed by atoms with E-state index in [0.717, 1.165) is 17.7 Å². The lowest BCUT2D eigenvalue weighted by atomic mass is 10.2. The van der Waals surface area contributed by atoms with E-state index in [4.69, 9.17) is 0 Å². The zero-order valence-corrected chi connectivity index (χ0v) is 10.9. The average molecular weight is 282 g/mol. The first-order valence-electron chi connectivity index (χ1n) is 5.85. The number of halogens is 3. The summed E-state index contributed by atoms with van der Waals surface area (Å²) in [5.74, 6) is 1.21. The molecule has 4 nitrogen and oxygen atoms in total. The van der Waals surface area contributed by atoms with Crippen molar-refractivity contribution in [2.75, 3.05) is 17.7 Å². The Morgan fingerprint density at radius 2 is 1.60 bits per heavy atom. The molecular weight excluding hydrogens is 269 g/mol. The summed E-state index contributed by atoms with van der Waals surface area (Å²) in [4.78, 5) is 8.10. The zero-order chi connectivity index (χ0) is 14.8. The smallest absolute Gasteiger partial charge is 0.373 e. The predicted octanol–water partition coefficient (Wildman–Crippen LogP) is 3.59. The van der Waals surface area contributed by atoms with Crippen LogP contribution in [0.3, 0.4) is 0 Å². The van der Waals surface area contributed by atoms with E-state index in [1.165, 1.54) is 18.5 Å². The molecule has 2 N–H and O–H groups in total. The molecule has 7 heteroatoms. The van der Waals surface area contributed by atoms with Gasteiger partial charge in [0, 0.05) is 18.3 Å². The molecule has 0 aliphatic carbocycles. The van der Waals surface area contributed by atoms with Crippen molar-refractivity contribution in [2.45, 2.75) is 13.1 Å². The van der Waals surface area contributed by atoms with E-state index in [0.29, 0.717) is 17.3 Å². The van der Waals surface area contributed by atoms with Crippen molar-refractivity contribution >= 4 is 17.3 Å². The first-order chi connectivity index (χ1) is 9.41. The van der Waals surface area contributed by atoms with Crippen molar-refractivity contribution in [1.29, 1.82) is 0 Å². The lowest BCUT2D eigenvalue weighted by Crippen LogP contribution is -2.05. The number of rotatable bonds is 3. The van der Waals surface area contributed by atoms with Crippen molar-refractivity contribution in [3.05, 3.63) is 41.7 Å². The van der Waals surface area contributed by atoms with Crippen LogP contribution in [0.2, 0.25) is 0 Å².